The number of carbonyl (C=O) groups excluding carboxylic acids is 1. The van der Waals surface area contributed by atoms with Crippen LogP contribution in [0, 0.1) is 11.3 Å². The van der Waals surface area contributed by atoms with Crippen LogP contribution in [0.5, 0.6) is 11.6 Å². The number of benzene rings is 3. The maximum absolute atomic E-state index is 12.1. The van der Waals surface area contributed by atoms with Gasteiger partial charge in [-0.2, -0.15) is 5.26 Å². The van der Waals surface area contributed by atoms with Gasteiger partial charge in [-0.05, 0) is 77.4 Å². The fourth-order valence-corrected chi connectivity index (χ4v) is 5.54. The summed E-state index contributed by atoms with van der Waals surface area (Å²) in [6.45, 7) is 2.96. The number of rotatable bonds is 3. The molecule has 0 radical (unpaired) electrons. The van der Waals surface area contributed by atoms with Gasteiger partial charge in [0.1, 0.15) is 12.4 Å². The fourth-order valence-electron chi connectivity index (χ4n) is 5.54. The third-order valence-electron chi connectivity index (χ3n) is 7.91. The van der Waals surface area contributed by atoms with Crippen LogP contribution in [0.3, 0.4) is 0 Å². The van der Waals surface area contributed by atoms with Gasteiger partial charge in [0, 0.05) is 30.2 Å². The second kappa shape index (κ2) is 11.9. The van der Waals surface area contributed by atoms with Crippen LogP contribution in [0.1, 0.15) is 63.9 Å². The predicted molar refractivity (Wildman–Crippen MR) is 161 cm³/mol. The highest BCUT2D eigenvalue weighted by atomic mass is 16.5. The standard InChI is InChI=1S/C35H31N3O4/c1-22-6-12-29(37-32-13-11-27(18-30(22)32)35(39)40-2)17-26-10-9-25-19-33(26)41-15-14-24-16-23(7-8-28(24)20-36)21-42-34-5-3-4-31(25)38-34/h3-5,7-11,13,16,18-19,22H,6,12,14-15,17,21H2,1-2H3. The molecule has 6 bridgehead atoms. The van der Waals surface area contributed by atoms with Gasteiger partial charge >= 0.3 is 5.97 Å². The van der Waals surface area contributed by atoms with Gasteiger partial charge in [0.15, 0.2) is 0 Å². The Kier molecular flexibility index (Phi) is 7.70. The van der Waals surface area contributed by atoms with Gasteiger partial charge in [-0.25, -0.2) is 9.78 Å². The molecule has 0 N–H and O–H groups in total. The van der Waals surface area contributed by atoms with E-state index in [1.807, 2.05) is 54.6 Å². The number of aromatic nitrogens is 1. The lowest BCUT2D eigenvalue weighted by Gasteiger charge is -2.16. The zero-order valence-electron chi connectivity index (χ0n) is 23.7. The third-order valence-corrected chi connectivity index (χ3v) is 7.91. The van der Waals surface area contributed by atoms with Crippen molar-refractivity contribution in [3.63, 3.8) is 0 Å². The molecule has 0 saturated carbocycles. The van der Waals surface area contributed by atoms with Gasteiger partial charge in [0.2, 0.25) is 5.88 Å². The van der Waals surface area contributed by atoms with Crippen LogP contribution in [0.25, 0.3) is 11.3 Å². The quantitative estimate of drug-likeness (QED) is 0.249. The van der Waals surface area contributed by atoms with E-state index in [2.05, 4.69) is 25.1 Å². The highest BCUT2D eigenvalue weighted by molar-refractivity contribution is 5.93. The predicted octanol–water partition coefficient (Wildman–Crippen LogP) is 7.13. The summed E-state index contributed by atoms with van der Waals surface area (Å²) in [7, 11) is 1.40. The summed E-state index contributed by atoms with van der Waals surface area (Å²) in [6, 6.07) is 25.6. The summed E-state index contributed by atoms with van der Waals surface area (Å²) in [4.78, 5) is 21.9. The molecular weight excluding hydrogens is 526 g/mol. The zero-order valence-corrected chi connectivity index (χ0v) is 23.7. The van der Waals surface area contributed by atoms with Gasteiger partial charge in [0.05, 0.1) is 42.3 Å². The molecule has 42 heavy (non-hydrogen) atoms. The number of nitriles is 1. The van der Waals surface area contributed by atoms with Crippen LogP contribution in [-0.4, -0.2) is 30.4 Å². The molecule has 4 aromatic rings. The molecule has 1 unspecified atom stereocenters. The minimum Gasteiger partial charge on any atom is -0.493 e. The molecule has 0 amide bonds. The summed E-state index contributed by atoms with van der Waals surface area (Å²) in [5.41, 5.74) is 8.88. The van der Waals surface area contributed by atoms with Crippen molar-refractivity contribution in [2.75, 3.05) is 13.7 Å². The van der Waals surface area contributed by atoms with E-state index in [9.17, 15) is 10.1 Å². The molecule has 6 rings (SSSR count). The molecule has 0 saturated heterocycles. The lowest BCUT2D eigenvalue weighted by molar-refractivity contribution is 0.0600. The average Bonchev–Trinajstić information content (AvgIpc) is 3.17. The van der Waals surface area contributed by atoms with Crippen molar-refractivity contribution in [1.29, 1.82) is 5.26 Å². The van der Waals surface area contributed by atoms with E-state index in [-0.39, 0.29) is 11.9 Å². The molecule has 1 aromatic heterocycles. The van der Waals surface area contributed by atoms with Crippen LogP contribution in [-0.2, 0) is 24.2 Å². The van der Waals surface area contributed by atoms with E-state index in [1.165, 1.54) is 7.11 Å². The Bertz CT molecular complexity index is 1740. The number of carbonyl (C=O) groups is 1. The van der Waals surface area contributed by atoms with Crippen molar-refractivity contribution in [2.45, 2.75) is 45.1 Å². The Hall–Kier alpha value is -4.96. The molecule has 7 heteroatoms. The van der Waals surface area contributed by atoms with E-state index in [0.29, 0.717) is 43.1 Å². The van der Waals surface area contributed by atoms with Crippen LogP contribution < -0.4 is 9.47 Å². The highest BCUT2D eigenvalue weighted by Gasteiger charge is 2.21. The van der Waals surface area contributed by atoms with Crippen LogP contribution >= 0.6 is 0 Å². The summed E-state index contributed by atoms with van der Waals surface area (Å²) < 4.78 is 17.4. The monoisotopic (exact) mass is 557 g/mol. The van der Waals surface area contributed by atoms with E-state index in [0.717, 1.165) is 63.5 Å². The molecule has 3 aromatic carbocycles. The van der Waals surface area contributed by atoms with Crippen LogP contribution in [0.2, 0.25) is 0 Å². The third kappa shape index (κ3) is 5.75. The molecule has 2 aliphatic rings. The Morgan fingerprint density at radius 3 is 2.81 bits per heavy atom. The Labute approximate surface area is 245 Å². The maximum atomic E-state index is 12.1. The number of ether oxygens (including phenoxy) is 3. The summed E-state index contributed by atoms with van der Waals surface area (Å²) in [5.74, 6) is 1.23. The largest absolute Gasteiger partial charge is 0.493 e. The van der Waals surface area contributed by atoms with E-state index in [1.54, 1.807) is 6.07 Å². The molecule has 3 heterocycles. The van der Waals surface area contributed by atoms with E-state index >= 15 is 0 Å². The van der Waals surface area contributed by atoms with Crippen LogP contribution in [0.4, 0.5) is 5.69 Å². The molecule has 0 fully saturated rings. The van der Waals surface area contributed by atoms with E-state index < -0.39 is 0 Å². The smallest absolute Gasteiger partial charge is 0.337 e. The molecular formula is C35H31N3O4. The van der Waals surface area contributed by atoms with Crippen molar-refractivity contribution < 1.29 is 19.0 Å². The van der Waals surface area contributed by atoms with Crippen molar-refractivity contribution in [1.82, 2.24) is 4.98 Å². The first-order valence-corrected chi connectivity index (χ1v) is 14.2. The Morgan fingerprint density at radius 2 is 1.95 bits per heavy atom. The molecule has 2 aliphatic heterocycles. The molecule has 0 spiro atoms. The molecule has 7 nitrogen and oxygen atoms in total. The van der Waals surface area contributed by atoms with Gasteiger partial charge in [-0.15, -0.1) is 0 Å². The normalized spacial score (nSPS) is 15.8. The number of nitrogens with zero attached hydrogens (tertiary/aromatic N) is 3. The highest BCUT2D eigenvalue weighted by Crippen LogP contribution is 2.36. The lowest BCUT2D eigenvalue weighted by Crippen LogP contribution is -2.09. The average molecular weight is 558 g/mol. The lowest BCUT2D eigenvalue weighted by atomic mass is 9.93. The zero-order chi connectivity index (χ0) is 29.1. The molecule has 210 valence electrons. The number of pyridine rings is 1. The van der Waals surface area contributed by atoms with Crippen molar-refractivity contribution in [3.8, 4) is 29.0 Å². The minimum absolute atomic E-state index is 0.258. The summed E-state index contributed by atoms with van der Waals surface area (Å²) >= 11 is 0. The minimum atomic E-state index is -0.341. The number of hydrogen-bond acceptors (Lipinski definition) is 7. The van der Waals surface area contributed by atoms with Crippen LogP contribution in [0.15, 0.2) is 77.8 Å². The van der Waals surface area contributed by atoms with Gasteiger partial charge in [0.25, 0.3) is 0 Å². The van der Waals surface area contributed by atoms with Crippen molar-refractivity contribution in [3.05, 3.63) is 106 Å². The van der Waals surface area contributed by atoms with Gasteiger partial charge in [-0.1, -0.05) is 37.3 Å². The fraction of sp³-hybridized carbons (Fsp3) is 0.257. The first kappa shape index (κ1) is 27.2. The van der Waals surface area contributed by atoms with Crippen molar-refractivity contribution >= 4 is 17.4 Å². The Balaban J connectivity index is 1.34. The second-order valence-electron chi connectivity index (χ2n) is 10.7. The molecule has 1 atom stereocenters. The Morgan fingerprint density at radius 1 is 1.05 bits per heavy atom. The van der Waals surface area contributed by atoms with Gasteiger partial charge < -0.3 is 14.2 Å². The first-order chi connectivity index (χ1) is 20.5. The van der Waals surface area contributed by atoms with Gasteiger partial charge in [-0.3, -0.25) is 4.99 Å². The number of fused-ring (bicyclic) bond motifs is 8. The maximum Gasteiger partial charge on any atom is 0.337 e. The van der Waals surface area contributed by atoms with E-state index in [4.69, 9.17) is 24.2 Å². The van der Waals surface area contributed by atoms with Crippen molar-refractivity contribution in [2.24, 2.45) is 4.99 Å². The number of aliphatic imine (C=N–C) groups is 1. The number of hydrogen-bond donors (Lipinski definition) is 0. The SMILES string of the molecule is COC(=O)c1ccc2c(c1)C(C)CCC(Cc1ccc3cc1OCCc1cc(ccc1C#N)COc1cccc-3n1)=N2. The second-order valence-corrected chi connectivity index (χ2v) is 10.7. The first-order valence-electron chi connectivity index (χ1n) is 14.2. The summed E-state index contributed by atoms with van der Waals surface area (Å²) in [6.07, 6.45) is 2.99. The number of methoxy groups -OCH3 is 1. The molecule has 0 aliphatic carbocycles. The summed E-state index contributed by atoms with van der Waals surface area (Å²) in [5, 5.41) is 9.66. The topological polar surface area (TPSA) is 93.8 Å². The number of esters is 1.